The first kappa shape index (κ1) is 18.3. The van der Waals surface area contributed by atoms with Crippen molar-refractivity contribution >= 4 is 48.5 Å². The monoisotopic (exact) mass is 437 g/mol. The molecule has 1 aliphatic carbocycles. The Hall–Kier alpha value is -1.02. The predicted octanol–water partition coefficient (Wildman–Crippen LogP) is 3.91. The van der Waals surface area contributed by atoms with Crippen molar-refractivity contribution in [1.82, 2.24) is 9.88 Å². The summed E-state index contributed by atoms with van der Waals surface area (Å²) in [5.41, 5.74) is 0.966. The Balaban J connectivity index is 1.48. The third-order valence-corrected chi connectivity index (χ3v) is 6.78. The van der Waals surface area contributed by atoms with Gasteiger partial charge in [-0.2, -0.15) is 0 Å². The minimum Gasteiger partial charge on any atom is -0.379 e. The number of carbonyl (C=O) groups excluding carboxylic acids is 1. The highest BCUT2D eigenvalue weighted by Crippen LogP contribution is 2.34. The Bertz CT molecular complexity index is 771. The van der Waals surface area contributed by atoms with Crippen LogP contribution < -0.4 is 4.90 Å². The van der Waals surface area contributed by atoms with Gasteiger partial charge in [-0.3, -0.25) is 14.6 Å². The lowest BCUT2D eigenvalue weighted by molar-refractivity contribution is -0.124. The number of amides is 1. The second-order valence-electron chi connectivity index (χ2n) is 7.03. The quantitative estimate of drug-likeness (QED) is 0.686. The highest BCUT2D eigenvalue weighted by molar-refractivity contribution is 9.10. The maximum absolute atomic E-state index is 13.0. The highest BCUT2D eigenvalue weighted by atomic mass is 79.9. The number of anilines is 1. The van der Waals surface area contributed by atoms with E-state index in [1.165, 1.54) is 6.42 Å². The molecule has 5 nitrogen and oxygen atoms in total. The molecular weight excluding hydrogens is 414 g/mol. The third-order valence-electron chi connectivity index (χ3n) is 5.25. The number of thiazole rings is 1. The van der Waals surface area contributed by atoms with Crippen LogP contribution in [-0.4, -0.2) is 55.2 Å². The van der Waals surface area contributed by atoms with Gasteiger partial charge in [-0.25, -0.2) is 4.98 Å². The summed E-state index contributed by atoms with van der Waals surface area (Å²) in [6.45, 7) is 5.37. The van der Waals surface area contributed by atoms with Crippen LogP contribution in [0, 0.1) is 5.92 Å². The largest absolute Gasteiger partial charge is 0.379 e. The lowest BCUT2D eigenvalue weighted by Gasteiger charge is -2.31. The number of halogens is 1. The van der Waals surface area contributed by atoms with Gasteiger partial charge in [0.05, 0.1) is 23.4 Å². The van der Waals surface area contributed by atoms with Gasteiger partial charge >= 0.3 is 0 Å². The summed E-state index contributed by atoms with van der Waals surface area (Å²) in [5.74, 6) is 0.452. The van der Waals surface area contributed by atoms with Crippen LogP contribution in [0.2, 0.25) is 0 Å². The number of rotatable bonds is 6. The van der Waals surface area contributed by atoms with Crippen molar-refractivity contribution in [3.8, 4) is 0 Å². The minimum atomic E-state index is 0.192. The first-order valence-electron chi connectivity index (χ1n) is 9.38. The number of aromatic nitrogens is 1. The van der Waals surface area contributed by atoms with Crippen molar-refractivity contribution in [3.63, 3.8) is 0 Å². The van der Waals surface area contributed by atoms with Gasteiger partial charge in [-0.05, 0) is 37.5 Å². The van der Waals surface area contributed by atoms with Crippen LogP contribution in [0.15, 0.2) is 22.7 Å². The van der Waals surface area contributed by atoms with E-state index in [9.17, 15) is 4.79 Å². The fourth-order valence-corrected chi connectivity index (χ4v) is 5.00. The van der Waals surface area contributed by atoms with Crippen LogP contribution in [0.5, 0.6) is 0 Å². The van der Waals surface area contributed by atoms with Gasteiger partial charge in [0, 0.05) is 36.6 Å². The first-order chi connectivity index (χ1) is 12.7. The number of carbonyl (C=O) groups is 1. The number of nitrogens with zero attached hydrogens (tertiary/aromatic N) is 3. The molecule has 0 N–H and O–H groups in total. The molecule has 2 aromatic rings. The van der Waals surface area contributed by atoms with Gasteiger partial charge in [0.2, 0.25) is 5.91 Å². The highest BCUT2D eigenvalue weighted by Gasteiger charge is 2.31. The molecule has 2 aliphatic rings. The smallest absolute Gasteiger partial charge is 0.231 e. The summed E-state index contributed by atoms with van der Waals surface area (Å²) in [4.78, 5) is 22.1. The molecule has 0 unspecified atom stereocenters. The van der Waals surface area contributed by atoms with Crippen LogP contribution >= 0.6 is 27.3 Å². The molecule has 0 atom stereocenters. The van der Waals surface area contributed by atoms with Gasteiger partial charge in [0.15, 0.2) is 5.13 Å². The Morgan fingerprint density at radius 3 is 2.88 bits per heavy atom. The summed E-state index contributed by atoms with van der Waals surface area (Å²) < 4.78 is 7.58. The van der Waals surface area contributed by atoms with Crippen molar-refractivity contribution < 1.29 is 9.53 Å². The predicted molar refractivity (Wildman–Crippen MR) is 109 cm³/mol. The van der Waals surface area contributed by atoms with E-state index in [0.29, 0.717) is 0 Å². The Kier molecular flexibility index (Phi) is 5.88. The number of morpholine rings is 1. The van der Waals surface area contributed by atoms with Crippen LogP contribution in [0.1, 0.15) is 25.7 Å². The number of hydrogen-bond acceptors (Lipinski definition) is 5. The SMILES string of the molecule is O=C(C1CCC1)N(CCCN1CCOCC1)c1nc2ccc(Br)cc2s1. The van der Waals surface area contributed by atoms with Gasteiger partial charge in [0.25, 0.3) is 0 Å². The Labute approximate surface area is 166 Å². The standard InChI is InChI=1S/C19H24BrN3O2S/c20-15-5-6-16-17(13-15)26-19(21-16)23(18(24)14-3-1-4-14)8-2-7-22-9-11-25-12-10-22/h5-6,13-14H,1-4,7-12H2. The maximum Gasteiger partial charge on any atom is 0.231 e. The third kappa shape index (κ3) is 4.11. The second-order valence-corrected chi connectivity index (χ2v) is 8.96. The molecular formula is C19H24BrN3O2S. The molecule has 2 heterocycles. The number of hydrogen-bond donors (Lipinski definition) is 0. The zero-order valence-electron chi connectivity index (χ0n) is 14.8. The molecule has 140 valence electrons. The molecule has 26 heavy (non-hydrogen) atoms. The molecule has 1 aromatic carbocycles. The molecule has 4 rings (SSSR count). The first-order valence-corrected chi connectivity index (χ1v) is 11.0. The van der Waals surface area contributed by atoms with Gasteiger partial charge < -0.3 is 4.74 Å². The van der Waals surface area contributed by atoms with E-state index in [1.807, 2.05) is 17.0 Å². The zero-order valence-corrected chi connectivity index (χ0v) is 17.2. The Morgan fingerprint density at radius 1 is 1.35 bits per heavy atom. The number of fused-ring (bicyclic) bond motifs is 1. The van der Waals surface area contributed by atoms with E-state index in [1.54, 1.807) is 11.3 Å². The second kappa shape index (κ2) is 8.33. The molecule has 1 aliphatic heterocycles. The molecule has 1 aromatic heterocycles. The average Bonchev–Trinajstić information content (AvgIpc) is 3.00. The summed E-state index contributed by atoms with van der Waals surface area (Å²) in [6.07, 6.45) is 4.19. The summed E-state index contributed by atoms with van der Waals surface area (Å²) in [5, 5.41) is 0.844. The summed E-state index contributed by atoms with van der Waals surface area (Å²) in [6, 6.07) is 6.09. The molecule has 1 saturated heterocycles. The fourth-order valence-electron chi connectivity index (χ4n) is 3.45. The molecule has 7 heteroatoms. The van der Waals surface area contributed by atoms with Gasteiger partial charge in [-0.15, -0.1) is 0 Å². The van der Waals surface area contributed by atoms with Crippen LogP contribution in [0.3, 0.4) is 0 Å². The van der Waals surface area contributed by atoms with Crippen molar-refractivity contribution in [2.24, 2.45) is 5.92 Å². The maximum atomic E-state index is 13.0. The van der Waals surface area contributed by atoms with Crippen LogP contribution in [0.4, 0.5) is 5.13 Å². The fraction of sp³-hybridized carbons (Fsp3) is 0.579. The Morgan fingerprint density at radius 2 is 2.15 bits per heavy atom. The topological polar surface area (TPSA) is 45.7 Å². The lowest BCUT2D eigenvalue weighted by Crippen LogP contribution is -2.42. The molecule has 1 saturated carbocycles. The van der Waals surface area contributed by atoms with Crippen molar-refractivity contribution in [1.29, 1.82) is 0 Å². The molecule has 2 fully saturated rings. The molecule has 1 amide bonds. The van der Waals surface area contributed by atoms with E-state index in [2.05, 4.69) is 26.9 Å². The molecule has 0 radical (unpaired) electrons. The van der Waals surface area contributed by atoms with Crippen LogP contribution in [0.25, 0.3) is 10.2 Å². The lowest BCUT2D eigenvalue weighted by atomic mass is 9.84. The van der Waals surface area contributed by atoms with Crippen molar-refractivity contribution in [2.45, 2.75) is 25.7 Å². The molecule has 0 bridgehead atoms. The minimum absolute atomic E-state index is 0.192. The van der Waals surface area contributed by atoms with E-state index in [4.69, 9.17) is 9.72 Å². The van der Waals surface area contributed by atoms with E-state index < -0.39 is 0 Å². The van der Waals surface area contributed by atoms with Gasteiger partial charge in [0.1, 0.15) is 0 Å². The van der Waals surface area contributed by atoms with Crippen LogP contribution in [-0.2, 0) is 9.53 Å². The number of benzene rings is 1. The van der Waals surface area contributed by atoms with E-state index in [0.717, 1.165) is 78.5 Å². The zero-order chi connectivity index (χ0) is 17.9. The summed E-state index contributed by atoms with van der Waals surface area (Å²) >= 11 is 5.14. The number of ether oxygens (including phenoxy) is 1. The van der Waals surface area contributed by atoms with Gasteiger partial charge in [-0.1, -0.05) is 33.7 Å². The summed E-state index contributed by atoms with van der Waals surface area (Å²) in [7, 11) is 0. The van der Waals surface area contributed by atoms with E-state index >= 15 is 0 Å². The van der Waals surface area contributed by atoms with E-state index in [-0.39, 0.29) is 11.8 Å². The molecule has 0 spiro atoms. The van der Waals surface area contributed by atoms with Crippen molar-refractivity contribution in [3.05, 3.63) is 22.7 Å². The van der Waals surface area contributed by atoms with Crippen molar-refractivity contribution in [2.75, 3.05) is 44.3 Å². The average molecular weight is 438 g/mol. The normalized spacial score (nSPS) is 18.8.